The zero-order valence-electron chi connectivity index (χ0n) is 11.8. The third kappa shape index (κ3) is 2.35. The van der Waals surface area contributed by atoms with Gasteiger partial charge >= 0.3 is 0 Å². The third-order valence-electron chi connectivity index (χ3n) is 4.14. The van der Waals surface area contributed by atoms with Crippen molar-refractivity contribution in [3.05, 3.63) is 64.6 Å². The number of sulfone groups is 1. The molecule has 2 aromatic carbocycles. The maximum atomic E-state index is 12.9. The first kappa shape index (κ1) is 15.7. The third-order valence-corrected chi connectivity index (χ3v) is 6.91. The first-order chi connectivity index (χ1) is 11.0. The Morgan fingerprint density at radius 3 is 2.04 bits per heavy atom. The van der Waals surface area contributed by atoms with Crippen LogP contribution in [0.2, 0.25) is 0 Å². The van der Waals surface area contributed by atoms with Gasteiger partial charge in [0.05, 0.1) is 17.0 Å². The molecule has 1 saturated carbocycles. The minimum Gasteiger partial charge on any atom is -0.223 e. The van der Waals surface area contributed by atoms with Crippen molar-refractivity contribution in [1.82, 2.24) is 0 Å². The molecule has 114 valence electrons. The fourth-order valence-electron chi connectivity index (χ4n) is 2.94. The SMILES string of the molecule is N#CC1(C#N)[C@H](S(=O)(=O)c2ccccc2)[C@@H]1c1ccc(Br)cc1. The van der Waals surface area contributed by atoms with Crippen molar-refractivity contribution in [2.45, 2.75) is 16.1 Å². The van der Waals surface area contributed by atoms with E-state index in [9.17, 15) is 18.9 Å². The molecule has 0 N–H and O–H groups in total. The molecule has 6 heteroatoms. The Bertz CT molecular complexity index is 911. The topological polar surface area (TPSA) is 81.7 Å². The molecule has 0 aromatic heterocycles. The summed E-state index contributed by atoms with van der Waals surface area (Å²) in [4.78, 5) is 0.138. The molecule has 4 nitrogen and oxygen atoms in total. The van der Waals surface area contributed by atoms with Gasteiger partial charge in [-0.2, -0.15) is 10.5 Å². The number of nitriles is 2. The van der Waals surface area contributed by atoms with Crippen LogP contribution in [0.1, 0.15) is 11.5 Å². The average Bonchev–Trinajstić information content (AvgIpc) is 3.27. The molecule has 0 spiro atoms. The molecule has 2 atom stereocenters. The first-order valence-corrected chi connectivity index (χ1v) is 9.18. The molecule has 0 bridgehead atoms. The number of hydrogen-bond acceptors (Lipinski definition) is 4. The summed E-state index contributed by atoms with van der Waals surface area (Å²) in [5, 5.41) is 17.9. The maximum Gasteiger partial charge on any atom is 0.184 e. The summed E-state index contributed by atoms with van der Waals surface area (Å²) in [6.07, 6.45) is 0. The van der Waals surface area contributed by atoms with E-state index in [1.165, 1.54) is 12.1 Å². The van der Waals surface area contributed by atoms with Crippen LogP contribution >= 0.6 is 15.9 Å². The first-order valence-electron chi connectivity index (χ1n) is 6.84. The van der Waals surface area contributed by atoms with Crippen molar-refractivity contribution >= 4 is 25.8 Å². The van der Waals surface area contributed by atoms with Gasteiger partial charge < -0.3 is 0 Å². The zero-order valence-corrected chi connectivity index (χ0v) is 14.3. The number of benzene rings is 2. The van der Waals surface area contributed by atoms with Gasteiger partial charge in [0, 0.05) is 10.4 Å². The summed E-state index contributed by atoms with van der Waals surface area (Å²) < 4.78 is 26.6. The predicted molar refractivity (Wildman–Crippen MR) is 88.0 cm³/mol. The van der Waals surface area contributed by atoms with Crippen molar-refractivity contribution in [3.8, 4) is 12.1 Å². The van der Waals surface area contributed by atoms with Gasteiger partial charge in [0.25, 0.3) is 0 Å². The van der Waals surface area contributed by atoms with E-state index in [0.29, 0.717) is 5.56 Å². The molecule has 3 rings (SSSR count). The minimum absolute atomic E-state index is 0.138. The second kappa shape index (κ2) is 5.49. The van der Waals surface area contributed by atoms with Crippen molar-refractivity contribution < 1.29 is 8.42 Å². The molecule has 0 radical (unpaired) electrons. The molecule has 0 heterocycles. The lowest BCUT2D eigenvalue weighted by Gasteiger charge is -2.03. The van der Waals surface area contributed by atoms with Gasteiger partial charge in [-0.15, -0.1) is 0 Å². The van der Waals surface area contributed by atoms with Gasteiger partial charge in [0.1, 0.15) is 5.25 Å². The number of nitrogens with zero attached hydrogens (tertiary/aromatic N) is 2. The van der Waals surface area contributed by atoms with Crippen LogP contribution in [0.5, 0.6) is 0 Å². The Labute approximate surface area is 143 Å². The fraction of sp³-hybridized carbons (Fsp3) is 0.176. The van der Waals surface area contributed by atoms with E-state index in [2.05, 4.69) is 15.9 Å². The standard InChI is InChI=1S/C17H11BrN2O2S/c18-13-8-6-12(7-9-13)15-16(17(15,10-19)11-20)23(21,22)14-4-2-1-3-5-14/h1-9,15-16H/t15-,16+/m0/s1. The van der Waals surface area contributed by atoms with Gasteiger partial charge in [0.15, 0.2) is 15.3 Å². The van der Waals surface area contributed by atoms with Gasteiger partial charge in [-0.3, -0.25) is 0 Å². The van der Waals surface area contributed by atoms with Crippen molar-refractivity contribution in [2.24, 2.45) is 5.41 Å². The second-order valence-corrected chi connectivity index (χ2v) is 8.39. The van der Waals surface area contributed by atoms with Crippen LogP contribution in [0, 0.1) is 28.1 Å². The lowest BCUT2D eigenvalue weighted by atomic mass is 10.0. The lowest BCUT2D eigenvalue weighted by Crippen LogP contribution is -2.14. The second-order valence-electron chi connectivity index (χ2n) is 5.40. The summed E-state index contributed by atoms with van der Waals surface area (Å²) in [6, 6.07) is 18.9. The van der Waals surface area contributed by atoms with E-state index in [1.54, 1.807) is 42.5 Å². The molecule has 0 amide bonds. The van der Waals surface area contributed by atoms with Crippen LogP contribution in [0.3, 0.4) is 0 Å². The highest BCUT2D eigenvalue weighted by Gasteiger charge is 2.73. The zero-order chi connectivity index (χ0) is 16.7. The average molecular weight is 387 g/mol. The van der Waals surface area contributed by atoms with E-state index < -0.39 is 26.4 Å². The number of rotatable bonds is 3. The van der Waals surface area contributed by atoms with Gasteiger partial charge in [0.2, 0.25) is 0 Å². The van der Waals surface area contributed by atoms with Gasteiger partial charge in [-0.1, -0.05) is 46.3 Å². The van der Waals surface area contributed by atoms with Crippen molar-refractivity contribution in [3.63, 3.8) is 0 Å². The number of hydrogen-bond donors (Lipinski definition) is 0. The molecular formula is C17H11BrN2O2S. The molecular weight excluding hydrogens is 376 g/mol. The van der Waals surface area contributed by atoms with Crippen LogP contribution in [0.25, 0.3) is 0 Å². The largest absolute Gasteiger partial charge is 0.223 e. The molecule has 0 saturated heterocycles. The Kier molecular flexibility index (Phi) is 3.75. The van der Waals surface area contributed by atoms with E-state index in [4.69, 9.17) is 0 Å². The molecule has 0 aliphatic heterocycles. The van der Waals surface area contributed by atoms with Crippen LogP contribution in [-0.4, -0.2) is 13.7 Å². The summed E-state index contributed by atoms with van der Waals surface area (Å²) in [5.74, 6) is -0.643. The van der Waals surface area contributed by atoms with Gasteiger partial charge in [-0.05, 0) is 29.8 Å². The van der Waals surface area contributed by atoms with Crippen LogP contribution in [-0.2, 0) is 9.84 Å². The quantitative estimate of drug-likeness (QED) is 0.808. The molecule has 1 aliphatic rings. The molecule has 0 unspecified atom stereocenters. The maximum absolute atomic E-state index is 12.9. The van der Waals surface area contributed by atoms with Crippen molar-refractivity contribution in [1.29, 1.82) is 10.5 Å². The van der Waals surface area contributed by atoms with Crippen LogP contribution < -0.4 is 0 Å². The molecule has 1 fully saturated rings. The van der Waals surface area contributed by atoms with Crippen LogP contribution in [0.4, 0.5) is 0 Å². The monoisotopic (exact) mass is 386 g/mol. The summed E-state index contributed by atoms with van der Waals surface area (Å²) >= 11 is 3.32. The summed E-state index contributed by atoms with van der Waals surface area (Å²) in [7, 11) is -3.76. The summed E-state index contributed by atoms with van der Waals surface area (Å²) in [5.41, 5.74) is -0.858. The Morgan fingerprint density at radius 2 is 1.52 bits per heavy atom. The fourth-order valence-corrected chi connectivity index (χ4v) is 5.42. The lowest BCUT2D eigenvalue weighted by molar-refractivity contribution is 0.591. The molecule has 23 heavy (non-hydrogen) atoms. The normalized spacial score (nSPS) is 21.9. The molecule has 2 aromatic rings. The molecule has 1 aliphatic carbocycles. The highest BCUT2D eigenvalue weighted by atomic mass is 79.9. The van der Waals surface area contributed by atoms with Crippen molar-refractivity contribution in [2.75, 3.05) is 0 Å². The smallest absolute Gasteiger partial charge is 0.184 e. The van der Waals surface area contributed by atoms with Crippen LogP contribution in [0.15, 0.2) is 64.0 Å². The van der Waals surface area contributed by atoms with Gasteiger partial charge in [-0.25, -0.2) is 8.42 Å². The highest BCUT2D eigenvalue weighted by molar-refractivity contribution is 9.10. The highest BCUT2D eigenvalue weighted by Crippen LogP contribution is 2.63. The van der Waals surface area contributed by atoms with E-state index in [1.807, 2.05) is 12.1 Å². The van der Waals surface area contributed by atoms with E-state index >= 15 is 0 Å². The summed E-state index contributed by atoms with van der Waals surface area (Å²) in [6.45, 7) is 0. The van der Waals surface area contributed by atoms with E-state index in [-0.39, 0.29) is 4.90 Å². The predicted octanol–water partition coefficient (Wildman–Crippen LogP) is 3.42. The number of halogens is 1. The Hall–Kier alpha value is -2.15. The Balaban J connectivity index is 2.10. The van der Waals surface area contributed by atoms with E-state index in [0.717, 1.165) is 4.47 Å². The minimum atomic E-state index is -3.76. The Morgan fingerprint density at radius 1 is 0.957 bits per heavy atom.